The molecule has 0 amide bonds. The van der Waals surface area contributed by atoms with Gasteiger partial charge in [0.15, 0.2) is 6.29 Å². The van der Waals surface area contributed by atoms with Gasteiger partial charge in [-0.25, -0.2) is 0 Å². The number of nitrogens with zero attached hydrogens (tertiary/aromatic N) is 1. The number of aryl methyl sites for hydroxylation is 1. The Hall–Kier alpha value is -1.65. The first-order chi connectivity index (χ1) is 9.38. The second-order valence-corrected chi connectivity index (χ2v) is 4.93. The highest BCUT2D eigenvalue weighted by molar-refractivity contribution is 5.97. The van der Waals surface area contributed by atoms with Crippen molar-refractivity contribution in [1.29, 1.82) is 0 Å². The van der Waals surface area contributed by atoms with E-state index in [4.69, 9.17) is 4.74 Å². The number of aldehydes is 1. The molecule has 0 spiro atoms. The molecule has 1 aliphatic rings. The van der Waals surface area contributed by atoms with Crippen LogP contribution in [0.15, 0.2) is 30.5 Å². The SMILES string of the molecule is O=Cc1cn(CCC2COCCN2)c2ccccc12. The molecule has 0 radical (unpaired) electrons. The van der Waals surface area contributed by atoms with E-state index < -0.39 is 0 Å². The third-order valence-electron chi connectivity index (χ3n) is 3.66. The zero-order valence-corrected chi connectivity index (χ0v) is 10.8. The van der Waals surface area contributed by atoms with Crippen molar-refractivity contribution < 1.29 is 9.53 Å². The molecular weight excluding hydrogens is 240 g/mol. The average molecular weight is 258 g/mol. The van der Waals surface area contributed by atoms with E-state index in [0.717, 1.165) is 55.5 Å². The molecule has 0 saturated carbocycles. The summed E-state index contributed by atoms with van der Waals surface area (Å²) in [4.78, 5) is 11.1. The van der Waals surface area contributed by atoms with Gasteiger partial charge in [0.05, 0.1) is 13.2 Å². The minimum Gasteiger partial charge on any atom is -0.379 e. The van der Waals surface area contributed by atoms with Crippen LogP contribution in [0.3, 0.4) is 0 Å². The molecule has 1 saturated heterocycles. The van der Waals surface area contributed by atoms with Crippen LogP contribution < -0.4 is 5.32 Å². The lowest BCUT2D eigenvalue weighted by atomic mass is 10.2. The maximum absolute atomic E-state index is 11.1. The molecule has 0 bridgehead atoms. The fourth-order valence-electron chi connectivity index (χ4n) is 2.65. The van der Waals surface area contributed by atoms with Crippen LogP contribution in [0.1, 0.15) is 16.8 Å². The molecule has 2 aromatic rings. The molecule has 1 fully saturated rings. The van der Waals surface area contributed by atoms with Crippen LogP contribution in [0.5, 0.6) is 0 Å². The lowest BCUT2D eigenvalue weighted by Gasteiger charge is -2.24. The van der Waals surface area contributed by atoms with E-state index in [1.165, 1.54) is 0 Å². The zero-order chi connectivity index (χ0) is 13.1. The number of nitrogens with one attached hydrogen (secondary N) is 1. The summed E-state index contributed by atoms with van der Waals surface area (Å²) in [5, 5.41) is 4.48. The Labute approximate surface area is 112 Å². The fraction of sp³-hybridized carbons (Fsp3) is 0.400. The summed E-state index contributed by atoms with van der Waals surface area (Å²) < 4.78 is 7.62. The lowest BCUT2D eigenvalue weighted by Crippen LogP contribution is -2.41. The molecular formula is C15H18N2O2. The maximum atomic E-state index is 11.1. The van der Waals surface area contributed by atoms with Gasteiger partial charge in [-0.1, -0.05) is 18.2 Å². The van der Waals surface area contributed by atoms with Gasteiger partial charge in [0.1, 0.15) is 0 Å². The molecule has 4 nitrogen and oxygen atoms in total. The van der Waals surface area contributed by atoms with E-state index in [1.54, 1.807) is 0 Å². The van der Waals surface area contributed by atoms with Gasteiger partial charge in [0.25, 0.3) is 0 Å². The molecule has 4 heteroatoms. The molecule has 2 heterocycles. The van der Waals surface area contributed by atoms with Crippen LogP contribution in [0.2, 0.25) is 0 Å². The Morgan fingerprint density at radius 1 is 1.42 bits per heavy atom. The number of hydrogen-bond acceptors (Lipinski definition) is 3. The summed E-state index contributed by atoms with van der Waals surface area (Å²) in [6.07, 6.45) is 3.89. The van der Waals surface area contributed by atoms with E-state index in [-0.39, 0.29) is 0 Å². The van der Waals surface area contributed by atoms with Gasteiger partial charge >= 0.3 is 0 Å². The summed E-state index contributed by atoms with van der Waals surface area (Å²) in [6, 6.07) is 8.45. The summed E-state index contributed by atoms with van der Waals surface area (Å²) in [5.41, 5.74) is 1.89. The lowest BCUT2D eigenvalue weighted by molar-refractivity contribution is 0.0729. The number of carbonyl (C=O) groups excluding carboxylic acids is 1. The van der Waals surface area contributed by atoms with Crippen LogP contribution in [0, 0.1) is 0 Å². The number of ether oxygens (including phenoxy) is 1. The minimum atomic E-state index is 0.412. The minimum absolute atomic E-state index is 0.412. The van der Waals surface area contributed by atoms with Crippen LogP contribution in [0.25, 0.3) is 10.9 Å². The number of para-hydroxylation sites is 1. The third kappa shape index (κ3) is 2.55. The average Bonchev–Trinajstić information content (AvgIpc) is 2.84. The van der Waals surface area contributed by atoms with Crippen molar-refractivity contribution in [2.75, 3.05) is 19.8 Å². The topological polar surface area (TPSA) is 43.3 Å². The highest BCUT2D eigenvalue weighted by Gasteiger charge is 2.14. The molecule has 0 aliphatic carbocycles. The monoisotopic (exact) mass is 258 g/mol. The van der Waals surface area contributed by atoms with E-state index in [9.17, 15) is 4.79 Å². The van der Waals surface area contributed by atoms with Crippen molar-refractivity contribution in [2.24, 2.45) is 0 Å². The van der Waals surface area contributed by atoms with Crippen LogP contribution in [-0.4, -0.2) is 36.7 Å². The van der Waals surface area contributed by atoms with Crippen molar-refractivity contribution in [3.63, 3.8) is 0 Å². The maximum Gasteiger partial charge on any atom is 0.152 e. The quantitative estimate of drug-likeness (QED) is 0.851. The van der Waals surface area contributed by atoms with Gasteiger partial charge in [-0.3, -0.25) is 4.79 Å². The molecule has 3 rings (SSSR count). The van der Waals surface area contributed by atoms with Gasteiger partial charge in [0, 0.05) is 41.8 Å². The molecule has 1 aliphatic heterocycles. The fourth-order valence-corrected chi connectivity index (χ4v) is 2.65. The van der Waals surface area contributed by atoms with Gasteiger partial charge in [-0.05, 0) is 12.5 Å². The van der Waals surface area contributed by atoms with Crippen LogP contribution in [0.4, 0.5) is 0 Å². The molecule has 1 aromatic heterocycles. The molecule has 1 unspecified atom stereocenters. The van der Waals surface area contributed by atoms with Crippen molar-refractivity contribution >= 4 is 17.2 Å². The Kier molecular flexibility index (Phi) is 3.62. The number of carbonyl (C=O) groups is 1. The molecule has 1 aromatic carbocycles. The van der Waals surface area contributed by atoms with Crippen molar-refractivity contribution in [3.8, 4) is 0 Å². The number of morpholine rings is 1. The second kappa shape index (κ2) is 5.55. The molecule has 1 atom stereocenters. The predicted molar refractivity (Wildman–Crippen MR) is 74.6 cm³/mol. The molecule has 1 N–H and O–H groups in total. The van der Waals surface area contributed by atoms with Gasteiger partial charge in [-0.15, -0.1) is 0 Å². The van der Waals surface area contributed by atoms with Crippen molar-refractivity contribution in [3.05, 3.63) is 36.0 Å². The number of benzene rings is 1. The number of rotatable bonds is 4. The van der Waals surface area contributed by atoms with E-state index in [2.05, 4.69) is 16.0 Å². The van der Waals surface area contributed by atoms with E-state index in [0.29, 0.717) is 6.04 Å². The van der Waals surface area contributed by atoms with Crippen LogP contribution >= 0.6 is 0 Å². The molecule has 100 valence electrons. The van der Waals surface area contributed by atoms with Gasteiger partial charge < -0.3 is 14.6 Å². The second-order valence-electron chi connectivity index (χ2n) is 4.93. The Morgan fingerprint density at radius 3 is 3.11 bits per heavy atom. The number of hydrogen-bond donors (Lipinski definition) is 1. The third-order valence-corrected chi connectivity index (χ3v) is 3.66. The highest BCUT2D eigenvalue weighted by Crippen LogP contribution is 2.20. The summed E-state index contributed by atoms with van der Waals surface area (Å²) in [6.45, 7) is 3.41. The first-order valence-electron chi connectivity index (χ1n) is 6.72. The Morgan fingerprint density at radius 2 is 2.32 bits per heavy atom. The predicted octanol–water partition coefficient (Wildman–Crippen LogP) is 1.83. The van der Waals surface area contributed by atoms with E-state index in [1.807, 2.05) is 24.4 Å². The largest absolute Gasteiger partial charge is 0.379 e. The Balaban J connectivity index is 1.78. The van der Waals surface area contributed by atoms with E-state index >= 15 is 0 Å². The Bertz CT molecular complexity index is 571. The smallest absolute Gasteiger partial charge is 0.152 e. The normalized spacial score (nSPS) is 19.7. The van der Waals surface area contributed by atoms with Crippen molar-refractivity contribution in [2.45, 2.75) is 19.0 Å². The summed E-state index contributed by atoms with van der Waals surface area (Å²) in [5.74, 6) is 0. The first kappa shape index (κ1) is 12.4. The first-order valence-corrected chi connectivity index (χ1v) is 6.72. The number of fused-ring (bicyclic) bond motifs is 1. The highest BCUT2D eigenvalue weighted by atomic mass is 16.5. The summed E-state index contributed by atoms with van der Waals surface area (Å²) >= 11 is 0. The standard InChI is InChI=1S/C15H18N2O2/c18-10-12-9-17(15-4-2-1-3-14(12)15)7-5-13-11-19-8-6-16-13/h1-4,9-10,13,16H,5-8,11H2. The van der Waals surface area contributed by atoms with Gasteiger partial charge in [-0.2, -0.15) is 0 Å². The zero-order valence-electron chi connectivity index (χ0n) is 10.8. The number of aromatic nitrogens is 1. The molecule has 19 heavy (non-hydrogen) atoms. The van der Waals surface area contributed by atoms with Crippen molar-refractivity contribution in [1.82, 2.24) is 9.88 Å². The van der Waals surface area contributed by atoms with Crippen LogP contribution in [-0.2, 0) is 11.3 Å². The summed E-state index contributed by atoms with van der Waals surface area (Å²) in [7, 11) is 0. The van der Waals surface area contributed by atoms with Gasteiger partial charge in [0.2, 0.25) is 0 Å².